The third-order valence-electron chi connectivity index (χ3n) is 3.47. The fourth-order valence-corrected chi connectivity index (χ4v) is 2.43. The molecule has 0 amide bonds. The van der Waals surface area contributed by atoms with Gasteiger partial charge in [0.15, 0.2) is 0 Å². The van der Waals surface area contributed by atoms with Crippen LogP contribution < -0.4 is 4.74 Å². The molecule has 3 aromatic rings. The molecule has 94 valence electrons. The lowest BCUT2D eigenvalue weighted by molar-refractivity contribution is 0.420. The molecular weight excluding hydrogens is 232 g/mol. The van der Waals surface area contributed by atoms with Crippen LogP contribution in [0.5, 0.6) is 5.75 Å². The van der Waals surface area contributed by atoms with Crippen LogP contribution in [0.1, 0.15) is 5.56 Å². The van der Waals surface area contributed by atoms with Gasteiger partial charge in [-0.05, 0) is 29.5 Å². The zero-order valence-electron chi connectivity index (χ0n) is 11.2. The molecule has 0 fully saturated rings. The molecule has 1 nitrogen and oxygen atoms in total. The van der Waals surface area contributed by atoms with E-state index in [9.17, 15) is 0 Å². The molecule has 3 rings (SSSR count). The Bertz CT molecular complexity index is 711. The molecule has 0 spiro atoms. The number of benzene rings is 3. The predicted octanol–water partition coefficient (Wildman–Crippen LogP) is 4.82. The van der Waals surface area contributed by atoms with Crippen molar-refractivity contribution in [2.24, 2.45) is 0 Å². The van der Waals surface area contributed by atoms with E-state index in [1.165, 1.54) is 22.1 Å². The van der Waals surface area contributed by atoms with Crippen molar-refractivity contribution in [2.75, 3.05) is 7.11 Å². The third-order valence-corrected chi connectivity index (χ3v) is 3.47. The SMILES string of the molecule is COc1ccc(-c2ccc(C)cc2)c2ccccc12. The zero-order chi connectivity index (χ0) is 13.2. The Morgan fingerprint density at radius 1 is 0.737 bits per heavy atom. The number of fused-ring (bicyclic) bond motifs is 1. The van der Waals surface area contributed by atoms with Crippen LogP contribution in [0.25, 0.3) is 21.9 Å². The van der Waals surface area contributed by atoms with Crippen LogP contribution in [0.15, 0.2) is 60.7 Å². The van der Waals surface area contributed by atoms with Gasteiger partial charge in [0.2, 0.25) is 0 Å². The van der Waals surface area contributed by atoms with Crippen molar-refractivity contribution in [3.05, 3.63) is 66.2 Å². The Kier molecular flexibility index (Phi) is 2.96. The highest BCUT2D eigenvalue weighted by atomic mass is 16.5. The molecule has 0 aliphatic carbocycles. The molecule has 0 saturated carbocycles. The lowest BCUT2D eigenvalue weighted by Crippen LogP contribution is -1.87. The van der Waals surface area contributed by atoms with Crippen LogP contribution in [0.2, 0.25) is 0 Å². The molecule has 0 unspecified atom stereocenters. The van der Waals surface area contributed by atoms with Gasteiger partial charge in [-0.3, -0.25) is 0 Å². The van der Waals surface area contributed by atoms with E-state index < -0.39 is 0 Å². The first-order valence-electron chi connectivity index (χ1n) is 6.42. The molecule has 1 heteroatoms. The van der Waals surface area contributed by atoms with E-state index in [4.69, 9.17) is 4.74 Å². The summed E-state index contributed by atoms with van der Waals surface area (Å²) in [6, 6.07) is 21.2. The van der Waals surface area contributed by atoms with Gasteiger partial charge in [0.25, 0.3) is 0 Å². The van der Waals surface area contributed by atoms with Crippen LogP contribution >= 0.6 is 0 Å². The second-order valence-electron chi connectivity index (χ2n) is 4.73. The molecule has 0 saturated heterocycles. The molecule has 0 aromatic heterocycles. The number of ether oxygens (including phenoxy) is 1. The van der Waals surface area contributed by atoms with E-state index in [0.717, 1.165) is 11.1 Å². The maximum atomic E-state index is 5.44. The first kappa shape index (κ1) is 11.8. The van der Waals surface area contributed by atoms with Crippen LogP contribution in [0.3, 0.4) is 0 Å². The van der Waals surface area contributed by atoms with Crippen molar-refractivity contribution in [1.82, 2.24) is 0 Å². The van der Waals surface area contributed by atoms with Gasteiger partial charge in [0.05, 0.1) is 7.11 Å². The number of rotatable bonds is 2. The van der Waals surface area contributed by atoms with E-state index in [-0.39, 0.29) is 0 Å². The monoisotopic (exact) mass is 248 g/mol. The first-order chi connectivity index (χ1) is 9.29. The average molecular weight is 248 g/mol. The van der Waals surface area contributed by atoms with Gasteiger partial charge in [-0.25, -0.2) is 0 Å². The summed E-state index contributed by atoms with van der Waals surface area (Å²) >= 11 is 0. The summed E-state index contributed by atoms with van der Waals surface area (Å²) in [5.74, 6) is 0.923. The lowest BCUT2D eigenvalue weighted by atomic mass is 9.97. The highest BCUT2D eigenvalue weighted by Gasteiger charge is 2.07. The first-order valence-corrected chi connectivity index (χ1v) is 6.42. The minimum absolute atomic E-state index is 0.923. The Labute approximate surface area is 113 Å². The lowest BCUT2D eigenvalue weighted by Gasteiger charge is -2.10. The summed E-state index contributed by atoms with van der Waals surface area (Å²) in [5.41, 5.74) is 3.77. The van der Waals surface area contributed by atoms with Gasteiger partial charge in [-0.15, -0.1) is 0 Å². The normalized spacial score (nSPS) is 10.6. The van der Waals surface area contributed by atoms with E-state index in [1.54, 1.807) is 7.11 Å². The minimum Gasteiger partial charge on any atom is -0.496 e. The van der Waals surface area contributed by atoms with Gasteiger partial charge >= 0.3 is 0 Å². The maximum absolute atomic E-state index is 5.44. The molecule has 0 N–H and O–H groups in total. The third kappa shape index (κ3) is 2.08. The fraction of sp³-hybridized carbons (Fsp3) is 0.111. The second-order valence-corrected chi connectivity index (χ2v) is 4.73. The van der Waals surface area contributed by atoms with E-state index in [1.807, 2.05) is 12.1 Å². The van der Waals surface area contributed by atoms with Crippen LogP contribution in [0, 0.1) is 6.92 Å². The highest BCUT2D eigenvalue weighted by molar-refractivity contribution is 6.00. The average Bonchev–Trinajstić information content (AvgIpc) is 2.47. The molecule has 0 heterocycles. The zero-order valence-corrected chi connectivity index (χ0v) is 11.2. The summed E-state index contributed by atoms with van der Waals surface area (Å²) in [6.45, 7) is 2.11. The van der Waals surface area contributed by atoms with Crippen LogP contribution in [0.4, 0.5) is 0 Å². The molecule has 0 aliphatic heterocycles. The summed E-state index contributed by atoms with van der Waals surface area (Å²) in [6.07, 6.45) is 0. The van der Waals surface area contributed by atoms with Crippen LogP contribution in [-0.2, 0) is 0 Å². The van der Waals surface area contributed by atoms with E-state index in [0.29, 0.717) is 0 Å². The summed E-state index contributed by atoms with van der Waals surface area (Å²) in [7, 11) is 1.72. The molecule has 19 heavy (non-hydrogen) atoms. The van der Waals surface area contributed by atoms with Gasteiger partial charge in [0.1, 0.15) is 5.75 Å². The molecule has 0 radical (unpaired) electrons. The highest BCUT2D eigenvalue weighted by Crippen LogP contribution is 2.34. The van der Waals surface area contributed by atoms with Crippen molar-refractivity contribution in [1.29, 1.82) is 0 Å². The Balaban J connectivity index is 2.27. The quantitative estimate of drug-likeness (QED) is 0.631. The van der Waals surface area contributed by atoms with Gasteiger partial charge in [0, 0.05) is 5.39 Å². The van der Waals surface area contributed by atoms with Gasteiger partial charge in [-0.2, -0.15) is 0 Å². The molecule has 0 aliphatic rings. The van der Waals surface area contributed by atoms with Crippen LogP contribution in [-0.4, -0.2) is 7.11 Å². The number of hydrogen-bond donors (Lipinski definition) is 0. The smallest absolute Gasteiger partial charge is 0.126 e. The summed E-state index contributed by atoms with van der Waals surface area (Å²) < 4.78 is 5.44. The number of hydrogen-bond acceptors (Lipinski definition) is 1. The maximum Gasteiger partial charge on any atom is 0.126 e. The van der Waals surface area contributed by atoms with Gasteiger partial charge in [-0.1, -0.05) is 60.2 Å². The van der Waals surface area contributed by atoms with E-state index in [2.05, 4.69) is 55.5 Å². The summed E-state index contributed by atoms with van der Waals surface area (Å²) in [5, 5.41) is 2.38. The Morgan fingerprint density at radius 2 is 1.42 bits per heavy atom. The van der Waals surface area contributed by atoms with Crippen molar-refractivity contribution in [3.63, 3.8) is 0 Å². The van der Waals surface area contributed by atoms with Crippen molar-refractivity contribution >= 4 is 10.8 Å². The molecular formula is C18H16O. The fourth-order valence-electron chi connectivity index (χ4n) is 2.43. The molecule has 0 bridgehead atoms. The number of aryl methyl sites for hydroxylation is 1. The van der Waals surface area contributed by atoms with E-state index >= 15 is 0 Å². The van der Waals surface area contributed by atoms with Crippen molar-refractivity contribution in [3.8, 4) is 16.9 Å². The molecule has 3 aromatic carbocycles. The standard InChI is InChI=1S/C18H16O/c1-13-7-9-14(10-8-13)15-11-12-18(19-2)17-6-4-3-5-16(15)17/h3-12H,1-2H3. The van der Waals surface area contributed by atoms with Gasteiger partial charge < -0.3 is 4.74 Å². The topological polar surface area (TPSA) is 9.23 Å². The predicted molar refractivity (Wildman–Crippen MR) is 80.7 cm³/mol. The summed E-state index contributed by atoms with van der Waals surface area (Å²) in [4.78, 5) is 0. The molecule has 0 atom stereocenters. The van der Waals surface area contributed by atoms with Crippen molar-refractivity contribution < 1.29 is 4.74 Å². The van der Waals surface area contributed by atoms with Crippen molar-refractivity contribution in [2.45, 2.75) is 6.92 Å². The largest absolute Gasteiger partial charge is 0.496 e. The minimum atomic E-state index is 0.923. The Hall–Kier alpha value is -2.28. The Morgan fingerprint density at radius 3 is 2.11 bits per heavy atom. The number of methoxy groups -OCH3 is 1. The second kappa shape index (κ2) is 4.77.